The summed E-state index contributed by atoms with van der Waals surface area (Å²) in [4.78, 5) is 38.0. The number of unbranched alkanes of at least 4 members (excludes halogenated alkanes) is 22. The highest BCUT2D eigenvalue weighted by Gasteiger charge is 2.19. The minimum absolute atomic E-state index is 0.104. The zero-order chi connectivity index (χ0) is 47.9. The summed E-state index contributed by atoms with van der Waals surface area (Å²) in [5.41, 5.74) is 0. The van der Waals surface area contributed by atoms with Crippen molar-refractivity contribution in [3.63, 3.8) is 0 Å². The molecule has 372 valence electrons. The number of ether oxygens (including phenoxy) is 3. The molecular weight excluding hydrogens is 817 g/mol. The smallest absolute Gasteiger partial charge is 0.306 e. The number of esters is 3. The van der Waals surface area contributed by atoms with Crippen molar-refractivity contribution in [2.24, 2.45) is 0 Å². The monoisotopic (exact) mass is 913 g/mol. The van der Waals surface area contributed by atoms with E-state index >= 15 is 0 Å². The highest BCUT2D eigenvalue weighted by molar-refractivity contribution is 5.71. The van der Waals surface area contributed by atoms with Crippen LogP contribution in [0.5, 0.6) is 0 Å². The molecule has 0 N–H and O–H groups in total. The summed E-state index contributed by atoms with van der Waals surface area (Å²) in [5.74, 6) is -0.972. The first-order valence-corrected chi connectivity index (χ1v) is 26.7. The Morgan fingerprint density at radius 2 is 0.621 bits per heavy atom. The third-order valence-corrected chi connectivity index (χ3v) is 10.9. The second-order valence-electron chi connectivity index (χ2n) is 17.3. The Bertz CT molecular complexity index is 1420. The van der Waals surface area contributed by atoms with E-state index < -0.39 is 6.10 Å². The molecule has 0 fully saturated rings. The minimum atomic E-state index is -0.806. The summed E-state index contributed by atoms with van der Waals surface area (Å²) in [6.45, 7) is 6.36. The average molecular weight is 913 g/mol. The number of carbonyl (C=O) groups is 3. The van der Waals surface area contributed by atoms with Gasteiger partial charge < -0.3 is 14.2 Å². The molecule has 0 aliphatic heterocycles. The molecule has 0 aliphatic carbocycles. The highest BCUT2D eigenvalue weighted by atomic mass is 16.6. The topological polar surface area (TPSA) is 78.9 Å². The molecule has 6 nitrogen and oxygen atoms in total. The van der Waals surface area contributed by atoms with Crippen LogP contribution in [0.3, 0.4) is 0 Å². The summed E-state index contributed by atoms with van der Waals surface area (Å²) in [6.07, 6.45) is 73.2. The Kier molecular flexibility index (Phi) is 50.0. The first-order valence-electron chi connectivity index (χ1n) is 26.7. The van der Waals surface area contributed by atoms with Crippen LogP contribution in [-0.2, 0) is 28.6 Å². The van der Waals surface area contributed by atoms with Crippen LogP contribution >= 0.6 is 0 Å². The number of hydrogen-bond acceptors (Lipinski definition) is 6. The third kappa shape index (κ3) is 50.8. The van der Waals surface area contributed by atoms with Gasteiger partial charge in [0.05, 0.1) is 0 Å². The van der Waals surface area contributed by atoms with Crippen molar-refractivity contribution in [1.82, 2.24) is 0 Å². The van der Waals surface area contributed by atoms with Crippen molar-refractivity contribution in [2.45, 2.75) is 226 Å². The van der Waals surface area contributed by atoms with Crippen molar-refractivity contribution in [2.75, 3.05) is 13.2 Å². The van der Waals surface area contributed by atoms with Crippen LogP contribution in [0.15, 0.2) is 122 Å². The fourth-order valence-corrected chi connectivity index (χ4v) is 6.87. The summed E-state index contributed by atoms with van der Waals surface area (Å²) >= 11 is 0. The molecule has 0 aromatic carbocycles. The zero-order valence-corrected chi connectivity index (χ0v) is 42.4. The maximum absolute atomic E-state index is 12.8. The van der Waals surface area contributed by atoms with E-state index in [0.717, 1.165) is 89.9 Å². The molecule has 0 spiro atoms. The van der Waals surface area contributed by atoms with Gasteiger partial charge in [-0.3, -0.25) is 14.4 Å². The zero-order valence-electron chi connectivity index (χ0n) is 42.4. The van der Waals surface area contributed by atoms with E-state index in [1.54, 1.807) is 0 Å². The van der Waals surface area contributed by atoms with Crippen molar-refractivity contribution >= 4 is 17.9 Å². The quantitative estimate of drug-likeness (QED) is 0.0199. The fourth-order valence-electron chi connectivity index (χ4n) is 6.87. The van der Waals surface area contributed by atoms with Crippen molar-refractivity contribution in [3.05, 3.63) is 122 Å². The van der Waals surface area contributed by atoms with Crippen molar-refractivity contribution < 1.29 is 28.6 Å². The van der Waals surface area contributed by atoms with Gasteiger partial charge in [0.25, 0.3) is 0 Å². The fraction of sp³-hybridized carbons (Fsp3) is 0.617. The van der Waals surface area contributed by atoms with Gasteiger partial charge in [-0.2, -0.15) is 0 Å². The largest absolute Gasteiger partial charge is 0.462 e. The first-order chi connectivity index (χ1) is 32.5. The molecule has 0 aliphatic rings. The lowest BCUT2D eigenvalue weighted by molar-refractivity contribution is -0.167. The number of hydrogen-bond donors (Lipinski definition) is 0. The first kappa shape index (κ1) is 61.8. The lowest BCUT2D eigenvalue weighted by Gasteiger charge is -2.18. The molecule has 0 aromatic rings. The Morgan fingerprint density at radius 3 is 1.05 bits per heavy atom. The molecule has 0 aromatic heterocycles. The standard InChI is InChI=1S/C60H96O6/c1-4-7-10-13-16-19-22-24-26-28-30-32-34-36-38-41-44-47-50-53-59(62)65-56-57(55-64-58(61)52-49-46-43-40-21-18-15-12-9-6-3)66-60(63)54-51-48-45-42-39-37-35-33-31-29-27-25-23-20-17-14-11-8-5-2/h7,10,13,15-20,22-26,28,30,32,34,36,38,57H,4-6,8-9,11-12,14,21,27,29,31,33,35,37,39-56H2,1-3H3/b10-7-,16-13-,18-15-,20-17-,22-19-,25-23-,26-24-,30-28+,34-32-,38-36-. The van der Waals surface area contributed by atoms with E-state index in [2.05, 4.69) is 69.4 Å². The SMILES string of the molecule is CC\C=C/C=C\C=C/C=C\C=C\C=C/C=C\CCCCCC(=O)OCC(COC(=O)CCCCCC/C=C\CCCC)OC(=O)CCCCCCCCCCCC/C=C\C=C/CCCCC. The number of allylic oxidation sites excluding steroid dienone is 20. The van der Waals surface area contributed by atoms with Crippen LogP contribution in [0.4, 0.5) is 0 Å². The molecule has 66 heavy (non-hydrogen) atoms. The molecule has 0 rings (SSSR count). The van der Waals surface area contributed by atoms with Gasteiger partial charge in [-0.25, -0.2) is 0 Å². The van der Waals surface area contributed by atoms with Crippen LogP contribution in [-0.4, -0.2) is 37.2 Å². The van der Waals surface area contributed by atoms with Crippen LogP contribution in [0.2, 0.25) is 0 Å². The second-order valence-corrected chi connectivity index (χ2v) is 17.3. The van der Waals surface area contributed by atoms with Crippen LogP contribution in [0, 0.1) is 0 Å². The second kappa shape index (κ2) is 53.4. The maximum Gasteiger partial charge on any atom is 0.306 e. The van der Waals surface area contributed by atoms with Gasteiger partial charge in [0, 0.05) is 19.3 Å². The molecule has 0 heterocycles. The predicted molar refractivity (Wildman–Crippen MR) is 283 cm³/mol. The van der Waals surface area contributed by atoms with E-state index in [4.69, 9.17) is 14.2 Å². The van der Waals surface area contributed by atoms with Gasteiger partial charge in [0.2, 0.25) is 0 Å². The van der Waals surface area contributed by atoms with Gasteiger partial charge >= 0.3 is 17.9 Å². The molecule has 1 unspecified atom stereocenters. The molecule has 0 saturated heterocycles. The average Bonchev–Trinajstić information content (AvgIpc) is 3.31. The molecule has 0 bridgehead atoms. The molecule has 0 radical (unpaired) electrons. The predicted octanol–water partition coefficient (Wildman–Crippen LogP) is 17.7. The summed E-state index contributed by atoms with van der Waals surface area (Å²) in [7, 11) is 0. The normalized spacial score (nSPS) is 13.1. The lowest BCUT2D eigenvalue weighted by Crippen LogP contribution is -2.30. The highest BCUT2D eigenvalue weighted by Crippen LogP contribution is 2.14. The minimum Gasteiger partial charge on any atom is -0.462 e. The lowest BCUT2D eigenvalue weighted by atomic mass is 10.1. The van der Waals surface area contributed by atoms with E-state index in [1.807, 2.05) is 72.9 Å². The van der Waals surface area contributed by atoms with Gasteiger partial charge in [0.1, 0.15) is 13.2 Å². The Hall–Kier alpha value is -4.19. The van der Waals surface area contributed by atoms with Crippen molar-refractivity contribution in [3.8, 4) is 0 Å². The molecule has 0 amide bonds. The van der Waals surface area contributed by atoms with E-state index in [9.17, 15) is 14.4 Å². The molecule has 1 atom stereocenters. The number of rotatable bonds is 46. The third-order valence-electron chi connectivity index (χ3n) is 10.9. The summed E-state index contributed by atoms with van der Waals surface area (Å²) in [5, 5.41) is 0. The van der Waals surface area contributed by atoms with Crippen LogP contribution in [0.1, 0.15) is 220 Å². The van der Waals surface area contributed by atoms with Crippen molar-refractivity contribution in [1.29, 1.82) is 0 Å². The summed E-state index contributed by atoms with van der Waals surface area (Å²) < 4.78 is 16.7. The van der Waals surface area contributed by atoms with Crippen LogP contribution < -0.4 is 0 Å². The van der Waals surface area contributed by atoms with E-state index in [1.165, 1.54) is 89.9 Å². The maximum atomic E-state index is 12.8. The Balaban J connectivity index is 4.47. The van der Waals surface area contributed by atoms with Gasteiger partial charge in [0.15, 0.2) is 6.10 Å². The van der Waals surface area contributed by atoms with E-state index in [0.29, 0.717) is 19.3 Å². The summed E-state index contributed by atoms with van der Waals surface area (Å²) in [6, 6.07) is 0. The Labute approximate surface area is 405 Å². The molecule has 0 saturated carbocycles. The molecule has 6 heteroatoms. The number of carbonyl (C=O) groups excluding carboxylic acids is 3. The Morgan fingerprint density at radius 1 is 0.318 bits per heavy atom. The van der Waals surface area contributed by atoms with Gasteiger partial charge in [-0.1, -0.05) is 239 Å². The van der Waals surface area contributed by atoms with E-state index in [-0.39, 0.29) is 31.1 Å². The van der Waals surface area contributed by atoms with Gasteiger partial charge in [-0.05, 0) is 83.5 Å². The van der Waals surface area contributed by atoms with Gasteiger partial charge in [-0.15, -0.1) is 0 Å². The molecular formula is C60H96O6. The van der Waals surface area contributed by atoms with Crippen LogP contribution in [0.25, 0.3) is 0 Å².